The Labute approximate surface area is 111 Å². The monoisotopic (exact) mass is 266 g/mol. The van der Waals surface area contributed by atoms with Crippen molar-refractivity contribution in [2.75, 3.05) is 0 Å². The van der Waals surface area contributed by atoms with Crippen LogP contribution in [0.15, 0.2) is 4.42 Å². The first-order valence-electron chi connectivity index (χ1n) is 6.72. The Morgan fingerprint density at radius 1 is 0.737 bits per heavy atom. The molecule has 0 atom stereocenters. The van der Waals surface area contributed by atoms with Crippen molar-refractivity contribution >= 4 is 11.9 Å². The fourth-order valence-electron chi connectivity index (χ4n) is 2.68. The van der Waals surface area contributed by atoms with Gasteiger partial charge in [-0.2, -0.15) is 0 Å². The van der Waals surface area contributed by atoms with Crippen LogP contribution in [0.5, 0.6) is 0 Å². The van der Waals surface area contributed by atoms with Crippen molar-refractivity contribution in [3.05, 3.63) is 22.6 Å². The van der Waals surface area contributed by atoms with Crippen LogP contribution in [0, 0.1) is 0 Å². The number of furan rings is 1. The van der Waals surface area contributed by atoms with Crippen molar-refractivity contribution < 1.29 is 24.2 Å². The second kappa shape index (κ2) is 5.91. The van der Waals surface area contributed by atoms with E-state index in [1.165, 1.54) is 0 Å². The van der Waals surface area contributed by atoms with Crippen LogP contribution < -0.4 is 0 Å². The summed E-state index contributed by atoms with van der Waals surface area (Å²) in [6.07, 6.45) is 7.35. The van der Waals surface area contributed by atoms with Gasteiger partial charge in [0.1, 0.15) is 0 Å². The van der Waals surface area contributed by atoms with Gasteiger partial charge in [0.15, 0.2) is 0 Å². The van der Waals surface area contributed by atoms with Gasteiger partial charge >= 0.3 is 11.9 Å². The molecule has 19 heavy (non-hydrogen) atoms. The Bertz CT molecular complexity index is 444. The molecule has 0 saturated carbocycles. The van der Waals surface area contributed by atoms with Crippen LogP contribution in [-0.4, -0.2) is 22.2 Å². The molecule has 2 rings (SSSR count). The van der Waals surface area contributed by atoms with Gasteiger partial charge < -0.3 is 14.6 Å². The fraction of sp³-hybridized carbons (Fsp3) is 0.571. The Morgan fingerprint density at radius 2 is 1.11 bits per heavy atom. The van der Waals surface area contributed by atoms with E-state index < -0.39 is 11.9 Å². The zero-order chi connectivity index (χ0) is 13.8. The Kier molecular flexibility index (Phi) is 4.24. The normalized spacial score (nSPS) is 16.6. The van der Waals surface area contributed by atoms with E-state index in [1.807, 2.05) is 0 Å². The third-order valence-corrected chi connectivity index (χ3v) is 3.61. The Hall–Kier alpha value is -1.78. The minimum atomic E-state index is -1.18. The third-order valence-electron chi connectivity index (χ3n) is 3.61. The summed E-state index contributed by atoms with van der Waals surface area (Å²) in [5.74, 6) is -2.73. The first-order valence-corrected chi connectivity index (χ1v) is 6.72. The molecule has 104 valence electrons. The lowest BCUT2D eigenvalue weighted by atomic mass is 9.94. The molecule has 0 amide bonds. The van der Waals surface area contributed by atoms with Gasteiger partial charge in [0.2, 0.25) is 11.5 Å². The average molecular weight is 266 g/mol. The first kappa shape index (κ1) is 13.6. The van der Waals surface area contributed by atoms with Crippen molar-refractivity contribution in [3.63, 3.8) is 0 Å². The summed E-state index contributed by atoms with van der Waals surface area (Å²) >= 11 is 0. The van der Waals surface area contributed by atoms with Crippen LogP contribution in [0.4, 0.5) is 0 Å². The predicted molar refractivity (Wildman–Crippen MR) is 67.7 cm³/mol. The number of aromatic carboxylic acids is 2. The molecule has 0 spiro atoms. The molecule has 0 saturated heterocycles. The van der Waals surface area contributed by atoms with Gasteiger partial charge in [0, 0.05) is 11.1 Å². The molecule has 0 unspecified atom stereocenters. The number of fused-ring (bicyclic) bond motifs is 1. The van der Waals surface area contributed by atoms with Gasteiger partial charge in [0.05, 0.1) is 0 Å². The molecule has 0 bridgehead atoms. The van der Waals surface area contributed by atoms with Gasteiger partial charge in [-0.3, -0.25) is 0 Å². The lowest BCUT2D eigenvalue weighted by Gasteiger charge is -2.08. The second-order valence-electron chi connectivity index (χ2n) is 4.95. The van der Waals surface area contributed by atoms with Crippen molar-refractivity contribution in [2.24, 2.45) is 0 Å². The average Bonchev–Trinajstić information content (AvgIpc) is 2.73. The molecule has 1 aliphatic carbocycles. The predicted octanol–water partition coefficient (Wildman–Crippen LogP) is 3.12. The quantitative estimate of drug-likeness (QED) is 0.858. The zero-order valence-corrected chi connectivity index (χ0v) is 10.8. The van der Waals surface area contributed by atoms with Crippen LogP contribution in [-0.2, 0) is 12.8 Å². The van der Waals surface area contributed by atoms with Crippen molar-refractivity contribution in [1.82, 2.24) is 0 Å². The van der Waals surface area contributed by atoms with E-state index in [2.05, 4.69) is 0 Å². The van der Waals surface area contributed by atoms with Crippen LogP contribution >= 0.6 is 0 Å². The van der Waals surface area contributed by atoms with E-state index in [4.69, 9.17) is 14.6 Å². The Morgan fingerprint density at radius 3 is 1.47 bits per heavy atom. The molecule has 1 heterocycles. The van der Waals surface area contributed by atoms with Crippen molar-refractivity contribution in [2.45, 2.75) is 51.4 Å². The molecular weight excluding hydrogens is 248 g/mol. The zero-order valence-electron chi connectivity index (χ0n) is 10.8. The smallest absolute Gasteiger partial charge is 0.372 e. The molecule has 1 aromatic heterocycles. The molecule has 0 aromatic carbocycles. The van der Waals surface area contributed by atoms with Gasteiger partial charge in [-0.15, -0.1) is 0 Å². The van der Waals surface area contributed by atoms with Gasteiger partial charge in [-0.1, -0.05) is 25.7 Å². The minimum Gasteiger partial charge on any atom is -0.475 e. The van der Waals surface area contributed by atoms with Crippen LogP contribution in [0.3, 0.4) is 0 Å². The molecule has 0 fully saturated rings. The molecule has 1 aromatic rings. The van der Waals surface area contributed by atoms with Crippen molar-refractivity contribution in [3.8, 4) is 0 Å². The first-order chi connectivity index (χ1) is 9.11. The summed E-state index contributed by atoms with van der Waals surface area (Å²) in [6.45, 7) is 0. The van der Waals surface area contributed by atoms with E-state index in [-0.39, 0.29) is 11.5 Å². The lowest BCUT2D eigenvalue weighted by molar-refractivity contribution is 0.0630. The number of hydrogen-bond donors (Lipinski definition) is 2. The number of carbonyl (C=O) groups is 2. The minimum absolute atomic E-state index is 0.187. The van der Waals surface area contributed by atoms with E-state index in [0.717, 1.165) is 38.5 Å². The highest BCUT2D eigenvalue weighted by atomic mass is 16.4. The van der Waals surface area contributed by atoms with E-state index in [0.29, 0.717) is 24.0 Å². The van der Waals surface area contributed by atoms with Gasteiger partial charge in [-0.05, 0) is 25.7 Å². The molecule has 1 aliphatic rings. The molecule has 0 aliphatic heterocycles. The summed E-state index contributed by atoms with van der Waals surface area (Å²) in [7, 11) is 0. The fourth-order valence-corrected chi connectivity index (χ4v) is 2.68. The molecule has 5 heteroatoms. The highest BCUT2D eigenvalue weighted by molar-refractivity contribution is 5.92. The van der Waals surface area contributed by atoms with Crippen molar-refractivity contribution in [1.29, 1.82) is 0 Å². The maximum Gasteiger partial charge on any atom is 0.372 e. The molecule has 5 nitrogen and oxygen atoms in total. The molecule has 2 N–H and O–H groups in total. The van der Waals surface area contributed by atoms with Crippen LogP contribution in [0.1, 0.15) is 70.8 Å². The van der Waals surface area contributed by atoms with Gasteiger partial charge in [-0.25, -0.2) is 9.59 Å². The standard InChI is InChI=1S/C14H18O5/c15-13(16)11-9-7-5-3-1-2-4-6-8-10(9)12(19-11)14(17)18/h1-8H2,(H,15,16)(H,17,18). The van der Waals surface area contributed by atoms with Crippen LogP contribution in [0.2, 0.25) is 0 Å². The topological polar surface area (TPSA) is 87.7 Å². The summed E-state index contributed by atoms with van der Waals surface area (Å²) in [5, 5.41) is 18.3. The Balaban J connectivity index is 2.43. The number of rotatable bonds is 2. The molecular formula is C14H18O5. The highest BCUT2D eigenvalue weighted by Crippen LogP contribution is 2.28. The van der Waals surface area contributed by atoms with E-state index in [1.54, 1.807) is 0 Å². The lowest BCUT2D eigenvalue weighted by Crippen LogP contribution is -2.04. The summed E-state index contributed by atoms with van der Waals surface area (Å²) in [4.78, 5) is 22.3. The number of hydrogen-bond acceptors (Lipinski definition) is 3. The van der Waals surface area contributed by atoms with Crippen LogP contribution in [0.25, 0.3) is 0 Å². The second-order valence-corrected chi connectivity index (χ2v) is 4.95. The largest absolute Gasteiger partial charge is 0.475 e. The third kappa shape index (κ3) is 2.97. The molecule has 0 radical (unpaired) electrons. The summed E-state index contributed by atoms with van der Waals surface area (Å²) < 4.78 is 5.08. The maximum atomic E-state index is 11.2. The number of carboxylic acid groups (broad SMARTS) is 2. The summed E-state index contributed by atoms with van der Waals surface area (Å²) in [5.41, 5.74) is 1.18. The number of carboxylic acids is 2. The highest BCUT2D eigenvalue weighted by Gasteiger charge is 2.27. The maximum absolute atomic E-state index is 11.2. The van der Waals surface area contributed by atoms with Gasteiger partial charge in [0.25, 0.3) is 0 Å². The summed E-state index contributed by atoms with van der Waals surface area (Å²) in [6, 6.07) is 0. The van der Waals surface area contributed by atoms with E-state index in [9.17, 15) is 9.59 Å². The SMILES string of the molecule is O=C(O)c1oc(C(=O)O)c2c1CCCCCCCC2. The van der Waals surface area contributed by atoms with E-state index >= 15 is 0 Å².